The third kappa shape index (κ3) is 4.94. The van der Waals surface area contributed by atoms with E-state index in [1.165, 1.54) is 30.9 Å². The number of halogens is 3. The lowest BCUT2D eigenvalue weighted by Gasteiger charge is -2.10. The molecule has 0 aliphatic rings. The molecule has 0 unspecified atom stereocenters. The Morgan fingerprint density at radius 3 is 2.00 bits per heavy atom. The van der Waals surface area contributed by atoms with Gasteiger partial charge in [-0.2, -0.15) is 8.42 Å². The molecule has 0 radical (unpaired) electrons. The quantitative estimate of drug-likeness (QED) is 0.593. The van der Waals surface area contributed by atoms with Crippen LogP contribution in [0, 0.1) is 11.6 Å². The van der Waals surface area contributed by atoms with Gasteiger partial charge in [-0.3, -0.25) is 0 Å². The number of ether oxygens (including phenoxy) is 1. The highest BCUT2D eigenvalue weighted by atomic mass is 32.3. The molecular formula is C17H11F3N2O4S. The molecule has 140 valence electrons. The molecule has 0 N–H and O–H groups in total. The Labute approximate surface area is 152 Å². The molecule has 0 saturated heterocycles. The van der Waals surface area contributed by atoms with Crippen LogP contribution in [0.2, 0.25) is 0 Å². The minimum atomic E-state index is -5.13. The number of hydrogen-bond acceptors (Lipinski definition) is 6. The molecule has 1 heterocycles. The topological polar surface area (TPSA) is 78.4 Å². The van der Waals surface area contributed by atoms with E-state index in [1.807, 2.05) is 0 Å². The van der Waals surface area contributed by atoms with Gasteiger partial charge in [0.2, 0.25) is 0 Å². The molecule has 1 aromatic heterocycles. The van der Waals surface area contributed by atoms with Crippen LogP contribution < -0.4 is 8.92 Å². The largest absolute Gasteiger partial charge is 0.489 e. The number of hydrogen-bond donors (Lipinski definition) is 0. The van der Waals surface area contributed by atoms with Gasteiger partial charge in [0.15, 0.2) is 0 Å². The fourth-order valence-electron chi connectivity index (χ4n) is 2.22. The second-order valence-electron chi connectivity index (χ2n) is 5.28. The molecule has 0 spiro atoms. The van der Waals surface area contributed by atoms with Crippen molar-refractivity contribution in [1.29, 1.82) is 0 Å². The fraction of sp³-hybridized carbons (Fsp3) is 0.0588. The van der Waals surface area contributed by atoms with Crippen molar-refractivity contribution in [2.45, 2.75) is 6.61 Å². The van der Waals surface area contributed by atoms with E-state index in [2.05, 4.69) is 14.2 Å². The van der Waals surface area contributed by atoms with E-state index in [1.54, 1.807) is 0 Å². The van der Waals surface area contributed by atoms with Crippen LogP contribution in [0.3, 0.4) is 0 Å². The van der Waals surface area contributed by atoms with Crippen LogP contribution in [0.1, 0.15) is 5.56 Å². The van der Waals surface area contributed by atoms with Gasteiger partial charge in [0.25, 0.3) is 0 Å². The smallest absolute Gasteiger partial charge is 0.488 e. The lowest BCUT2D eigenvalue weighted by molar-refractivity contribution is 0.292. The normalized spacial score (nSPS) is 11.2. The molecule has 0 bridgehead atoms. The summed E-state index contributed by atoms with van der Waals surface area (Å²) in [5, 5.41) is 0. The third-order valence-electron chi connectivity index (χ3n) is 3.44. The van der Waals surface area contributed by atoms with E-state index in [4.69, 9.17) is 4.74 Å². The van der Waals surface area contributed by atoms with Crippen molar-refractivity contribution < 1.29 is 30.0 Å². The van der Waals surface area contributed by atoms with Gasteiger partial charge >= 0.3 is 10.5 Å². The first-order valence-corrected chi connectivity index (χ1v) is 8.73. The number of aromatic nitrogens is 2. The molecule has 0 saturated carbocycles. The van der Waals surface area contributed by atoms with Gasteiger partial charge in [-0.1, -0.05) is 3.89 Å². The van der Waals surface area contributed by atoms with Crippen LogP contribution in [-0.2, 0) is 17.1 Å². The lowest BCUT2D eigenvalue weighted by Crippen LogP contribution is -2.03. The maximum atomic E-state index is 14.3. The summed E-state index contributed by atoms with van der Waals surface area (Å²) in [6.45, 7) is -0.412. The predicted octanol–water partition coefficient (Wildman–Crippen LogP) is 3.59. The van der Waals surface area contributed by atoms with Gasteiger partial charge in [-0.05, 0) is 42.0 Å². The van der Waals surface area contributed by atoms with Crippen LogP contribution >= 0.6 is 0 Å². The van der Waals surface area contributed by atoms with E-state index in [0.717, 1.165) is 24.3 Å². The average Bonchev–Trinajstić information content (AvgIpc) is 2.62. The molecule has 0 aliphatic carbocycles. The highest BCUT2D eigenvalue weighted by Gasteiger charge is 2.14. The molecule has 0 fully saturated rings. The zero-order valence-corrected chi connectivity index (χ0v) is 14.3. The maximum absolute atomic E-state index is 14.3. The summed E-state index contributed by atoms with van der Waals surface area (Å²) in [5.41, 5.74) is 0.451. The van der Waals surface area contributed by atoms with E-state index in [0.29, 0.717) is 5.56 Å². The van der Waals surface area contributed by atoms with E-state index in [9.17, 15) is 21.1 Å². The molecule has 2 aromatic carbocycles. The molecule has 27 heavy (non-hydrogen) atoms. The molecule has 0 atom stereocenters. The van der Waals surface area contributed by atoms with Gasteiger partial charge in [0, 0.05) is 18.0 Å². The van der Waals surface area contributed by atoms with Crippen molar-refractivity contribution in [3.05, 3.63) is 72.3 Å². The van der Waals surface area contributed by atoms with Crippen LogP contribution in [0.25, 0.3) is 11.1 Å². The molecule has 0 amide bonds. The number of rotatable bonds is 6. The summed E-state index contributed by atoms with van der Waals surface area (Å²) in [6, 6.07) is 7.10. The Kier molecular flexibility index (Phi) is 5.26. The number of nitrogens with zero attached hydrogens (tertiary/aromatic N) is 2. The Bertz CT molecular complexity index is 1020. The van der Waals surface area contributed by atoms with Gasteiger partial charge in [0.05, 0.1) is 5.56 Å². The summed E-state index contributed by atoms with van der Waals surface area (Å²) >= 11 is 0. The monoisotopic (exact) mass is 396 g/mol. The first-order valence-electron chi connectivity index (χ1n) is 7.42. The van der Waals surface area contributed by atoms with Crippen molar-refractivity contribution in [1.82, 2.24) is 9.97 Å². The van der Waals surface area contributed by atoms with Crippen LogP contribution in [-0.4, -0.2) is 18.4 Å². The van der Waals surface area contributed by atoms with Crippen molar-refractivity contribution >= 4 is 10.5 Å². The summed E-state index contributed by atoms with van der Waals surface area (Å²) in [7, 11) is -5.13. The molecule has 6 nitrogen and oxygen atoms in total. The molecule has 3 aromatic rings. The minimum Gasteiger partial charge on any atom is -0.489 e. The van der Waals surface area contributed by atoms with Crippen LogP contribution in [0.15, 0.2) is 55.1 Å². The summed E-state index contributed by atoms with van der Waals surface area (Å²) in [5.74, 6) is -1.70. The summed E-state index contributed by atoms with van der Waals surface area (Å²) in [4.78, 5) is 7.59. The Morgan fingerprint density at radius 2 is 1.44 bits per heavy atom. The highest BCUT2D eigenvalue weighted by Crippen LogP contribution is 2.25. The zero-order valence-electron chi connectivity index (χ0n) is 13.5. The first kappa shape index (κ1) is 18.6. The van der Waals surface area contributed by atoms with Gasteiger partial charge < -0.3 is 8.92 Å². The van der Waals surface area contributed by atoms with E-state index >= 15 is 0 Å². The van der Waals surface area contributed by atoms with Crippen molar-refractivity contribution in [3.8, 4) is 22.6 Å². The van der Waals surface area contributed by atoms with Crippen molar-refractivity contribution in [2.75, 3.05) is 0 Å². The zero-order chi connectivity index (χ0) is 19.4. The minimum absolute atomic E-state index is 0.179. The Balaban J connectivity index is 1.73. The van der Waals surface area contributed by atoms with Crippen molar-refractivity contribution in [3.63, 3.8) is 0 Å². The molecular weight excluding hydrogens is 385 g/mol. The molecule has 0 aliphatic heterocycles. The predicted molar refractivity (Wildman–Crippen MR) is 88.8 cm³/mol. The maximum Gasteiger partial charge on any atom is 0.488 e. The number of benzene rings is 2. The Hall–Kier alpha value is -3.14. The van der Waals surface area contributed by atoms with Gasteiger partial charge in [-0.15, -0.1) is 0 Å². The van der Waals surface area contributed by atoms with Crippen LogP contribution in [0.4, 0.5) is 12.7 Å². The molecule has 10 heteroatoms. The second kappa shape index (κ2) is 7.62. The molecule has 3 rings (SSSR count). The summed E-state index contributed by atoms with van der Waals surface area (Å²) < 4.78 is 71.0. The van der Waals surface area contributed by atoms with Crippen LogP contribution in [0.5, 0.6) is 11.5 Å². The first-order chi connectivity index (χ1) is 12.8. The standard InChI is InChI=1S/C17H11F3N2O4S/c18-16-5-11(12-7-21-10-22-8-12)6-17(19)15(16)9-25-13-1-3-14(4-2-13)26-27(20,23)24/h1-8,10H,9H2. The van der Waals surface area contributed by atoms with Crippen molar-refractivity contribution in [2.24, 2.45) is 0 Å². The highest BCUT2D eigenvalue weighted by molar-refractivity contribution is 7.81. The lowest BCUT2D eigenvalue weighted by atomic mass is 10.1. The van der Waals surface area contributed by atoms with Gasteiger partial charge in [0.1, 0.15) is 36.1 Å². The van der Waals surface area contributed by atoms with Gasteiger partial charge in [-0.25, -0.2) is 18.7 Å². The summed E-state index contributed by atoms with van der Waals surface area (Å²) in [6.07, 6.45) is 4.16. The van der Waals surface area contributed by atoms with E-state index in [-0.39, 0.29) is 22.6 Å². The second-order valence-corrected chi connectivity index (χ2v) is 6.23. The average molecular weight is 396 g/mol. The third-order valence-corrected chi connectivity index (χ3v) is 3.83. The van der Waals surface area contributed by atoms with E-state index < -0.39 is 28.7 Å². The Morgan fingerprint density at radius 1 is 0.889 bits per heavy atom. The fourth-order valence-corrected chi connectivity index (χ4v) is 2.56. The SMILES string of the molecule is O=S(=O)(F)Oc1ccc(OCc2c(F)cc(-c3cncnc3)cc2F)cc1.